The number of likely N-dealkylation sites (tertiary alicyclic amines) is 2. The number of nitrogens with zero attached hydrogens (tertiary/aromatic N) is 2. The zero-order chi connectivity index (χ0) is 8.18. The molecule has 1 spiro atoms. The molecular weight excluding hydrogens is 148 g/mol. The second-order valence-corrected chi connectivity index (χ2v) is 5.12. The minimum absolute atomic E-state index is 0.787. The van der Waals surface area contributed by atoms with Crippen LogP contribution in [0.1, 0.15) is 19.3 Å². The second-order valence-electron chi connectivity index (χ2n) is 5.12. The highest BCUT2D eigenvalue weighted by Gasteiger charge is 2.52. The van der Waals surface area contributed by atoms with Gasteiger partial charge in [0.25, 0.3) is 0 Å². The molecule has 0 atom stereocenters. The maximum atomic E-state index is 2.67. The topological polar surface area (TPSA) is 6.48 Å². The largest absolute Gasteiger partial charge is 0.305 e. The van der Waals surface area contributed by atoms with Gasteiger partial charge in [-0.15, -0.1) is 0 Å². The van der Waals surface area contributed by atoms with Gasteiger partial charge in [0.15, 0.2) is 0 Å². The Hall–Kier alpha value is -0.0800. The van der Waals surface area contributed by atoms with Gasteiger partial charge in [-0.25, -0.2) is 0 Å². The Morgan fingerprint density at radius 2 is 1.83 bits per heavy atom. The summed E-state index contributed by atoms with van der Waals surface area (Å²) in [5.41, 5.74) is 0.787. The van der Waals surface area contributed by atoms with Gasteiger partial charge in [0.05, 0.1) is 0 Å². The molecule has 2 saturated heterocycles. The summed E-state index contributed by atoms with van der Waals surface area (Å²) in [5.74, 6) is 0. The summed E-state index contributed by atoms with van der Waals surface area (Å²) in [6.45, 7) is 5.52. The van der Waals surface area contributed by atoms with E-state index >= 15 is 0 Å². The van der Waals surface area contributed by atoms with Gasteiger partial charge in [-0.05, 0) is 44.8 Å². The average molecular weight is 166 g/mol. The average Bonchev–Trinajstić information content (AvgIpc) is 1.75. The molecule has 0 aromatic heterocycles. The highest BCUT2D eigenvalue weighted by atomic mass is 15.3. The fraction of sp³-hybridized carbons (Fsp3) is 1.00. The van der Waals surface area contributed by atoms with Crippen LogP contribution in [0, 0.1) is 5.41 Å². The van der Waals surface area contributed by atoms with Crippen molar-refractivity contribution in [2.24, 2.45) is 5.41 Å². The highest BCUT2D eigenvalue weighted by molar-refractivity contribution is 5.07. The van der Waals surface area contributed by atoms with Crippen LogP contribution in [0.4, 0.5) is 0 Å². The third-order valence-corrected chi connectivity index (χ3v) is 3.95. The summed E-state index contributed by atoms with van der Waals surface area (Å²) in [6, 6.07) is 0.979. The van der Waals surface area contributed by atoms with Crippen molar-refractivity contribution in [3.05, 3.63) is 0 Å². The van der Waals surface area contributed by atoms with Crippen LogP contribution in [0.2, 0.25) is 0 Å². The first-order valence-electron chi connectivity index (χ1n) is 5.20. The molecule has 2 nitrogen and oxygen atoms in total. The van der Waals surface area contributed by atoms with Gasteiger partial charge in [-0.2, -0.15) is 0 Å². The number of hydrogen-bond donors (Lipinski definition) is 0. The van der Waals surface area contributed by atoms with E-state index in [9.17, 15) is 0 Å². The molecule has 1 saturated carbocycles. The summed E-state index contributed by atoms with van der Waals surface area (Å²) in [5, 5.41) is 0. The van der Waals surface area contributed by atoms with Crippen molar-refractivity contribution in [2.45, 2.75) is 25.3 Å². The van der Waals surface area contributed by atoms with E-state index in [2.05, 4.69) is 16.8 Å². The summed E-state index contributed by atoms with van der Waals surface area (Å²) >= 11 is 0. The van der Waals surface area contributed by atoms with E-state index in [1.165, 1.54) is 45.4 Å². The van der Waals surface area contributed by atoms with E-state index in [-0.39, 0.29) is 0 Å². The van der Waals surface area contributed by atoms with Crippen LogP contribution in [0.5, 0.6) is 0 Å². The minimum Gasteiger partial charge on any atom is -0.305 e. The van der Waals surface area contributed by atoms with E-state index in [0.29, 0.717) is 0 Å². The third-order valence-electron chi connectivity index (χ3n) is 3.95. The van der Waals surface area contributed by atoms with Gasteiger partial charge in [-0.3, -0.25) is 0 Å². The van der Waals surface area contributed by atoms with Gasteiger partial charge in [0.2, 0.25) is 0 Å². The summed E-state index contributed by atoms with van der Waals surface area (Å²) in [6.07, 6.45) is 4.44. The number of hydrogen-bond acceptors (Lipinski definition) is 2. The van der Waals surface area contributed by atoms with Crippen molar-refractivity contribution in [2.75, 3.05) is 33.2 Å². The molecule has 3 aliphatic rings. The number of rotatable bonds is 1. The van der Waals surface area contributed by atoms with Gasteiger partial charge in [-0.1, -0.05) is 0 Å². The van der Waals surface area contributed by atoms with Gasteiger partial charge >= 0.3 is 0 Å². The molecule has 2 heteroatoms. The van der Waals surface area contributed by atoms with Crippen LogP contribution in [0.3, 0.4) is 0 Å². The minimum atomic E-state index is 0.787. The molecular formula is C10H18N2. The molecule has 0 bridgehead atoms. The Kier molecular flexibility index (Phi) is 1.37. The van der Waals surface area contributed by atoms with Gasteiger partial charge < -0.3 is 9.80 Å². The van der Waals surface area contributed by atoms with Crippen molar-refractivity contribution >= 4 is 0 Å². The molecule has 3 rings (SSSR count). The maximum absolute atomic E-state index is 2.67. The zero-order valence-corrected chi connectivity index (χ0v) is 7.92. The van der Waals surface area contributed by atoms with Crippen molar-refractivity contribution < 1.29 is 0 Å². The molecule has 2 aliphatic heterocycles. The first-order valence-corrected chi connectivity index (χ1v) is 5.20. The molecule has 0 unspecified atom stereocenters. The molecule has 0 N–H and O–H groups in total. The van der Waals surface area contributed by atoms with Crippen LogP contribution in [0.15, 0.2) is 0 Å². The Balaban J connectivity index is 1.51. The van der Waals surface area contributed by atoms with E-state index in [1.807, 2.05) is 0 Å². The quantitative estimate of drug-likeness (QED) is 0.568. The molecule has 2 heterocycles. The van der Waals surface area contributed by atoms with E-state index in [1.54, 1.807) is 0 Å². The molecule has 1 aliphatic carbocycles. The predicted octanol–water partition coefficient (Wildman–Crippen LogP) is 0.786. The van der Waals surface area contributed by atoms with E-state index in [4.69, 9.17) is 0 Å². The third kappa shape index (κ3) is 0.882. The SMILES string of the molecule is CN1CC2(CC(N3CCC3)C2)C1. The Labute approximate surface area is 74.5 Å². The molecule has 0 aromatic carbocycles. The van der Waals surface area contributed by atoms with Crippen molar-refractivity contribution in [1.29, 1.82) is 0 Å². The van der Waals surface area contributed by atoms with Crippen LogP contribution in [-0.2, 0) is 0 Å². The van der Waals surface area contributed by atoms with Crippen molar-refractivity contribution in [3.63, 3.8) is 0 Å². The van der Waals surface area contributed by atoms with Gasteiger partial charge in [0, 0.05) is 19.1 Å². The predicted molar refractivity (Wildman–Crippen MR) is 49.1 cm³/mol. The lowest BCUT2D eigenvalue weighted by Gasteiger charge is -2.61. The Bertz CT molecular complexity index is 184. The van der Waals surface area contributed by atoms with Gasteiger partial charge in [0.1, 0.15) is 0 Å². The summed E-state index contributed by atoms with van der Waals surface area (Å²) < 4.78 is 0. The lowest BCUT2D eigenvalue weighted by molar-refractivity contribution is -0.110. The fourth-order valence-electron chi connectivity index (χ4n) is 3.26. The molecule has 3 fully saturated rings. The first-order chi connectivity index (χ1) is 5.77. The normalized spacial score (nSPS) is 35.8. The van der Waals surface area contributed by atoms with Crippen LogP contribution in [-0.4, -0.2) is 49.1 Å². The smallest absolute Gasteiger partial charge is 0.0108 e. The van der Waals surface area contributed by atoms with Crippen LogP contribution < -0.4 is 0 Å². The van der Waals surface area contributed by atoms with E-state index < -0.39 is 0 Å². The van der Waals surface area contributed by atoms with Crippen LogP contribution >= 0.6 is 0 Å². The summed E-state index contributed by atoms with van der Waals surface area (Å²) in [4.78, 5) is 5.12. The molecule has 12 heavy (non-hydrogen) atoms. The standard InChI is InChI=1S/C10H18N2/c1-11-7-10(8-11)5-9(6-10)12-3-2-4-12/h9H,2-8H2,1H3. The fourth-order valence-corrected chi connectivity index (χ4v) is 3.26. The Morgan fingerprint density at radius 1 is 1.17 bits per heavy atom. The maximum Gasteiger partial charge on any atom is 0.0108 e. The lowest BCUT2D eigenvalue weighted by atomic mass is 9.60. The zero-order valence-electron chi connectivity index (χ0n) is 7.92. The lowest BCUT2D eigenvalue weighted by Crippen LogP contribution is -2.66. The first kappa shape index (κ1) is 7.34. The molecule has 0 radical (unpaired) electrons. The molecule has 68 valence electrons. The second kappa shape index (κ2) is 2.24. The highest BCUT2D eigenvalue weighted by Crippen LogP contribution is 2.50. The van der Waals surface area contributed by atoms with Crippen molar-refractivity contribution in [1.82, 2.24) is 9.80 Å². The van der Waals surface area contributed by atoms with Crippen LogP contribution in [0.25, 0.3) is 0 Å². The van der Waals surface area contributed by atoms with Crippen molar-refractivity contribution in [3.8, 4) is 0 Å². The Morgan fingerprint density at radius 3 is 2.25 bits per heavy atom. The summed E-state index contributed by atoms with van der Waals surface area (Å²) in [7, 11) is 2.24. The molecule has 0 aromatic rings. The molecule has 0 amide bonds. The van der Waals surface area contributed by atoms with E-state index in [0.717, 1.165) is 11.5 Å². The monoisotopic (exact) mass is 166 g/mol.